The Labute approximate surface area is 102 Å². The number of rotatable bonds is 2. The molecular weight excluding hydrogens is 214 g/mol. The van der Waals surface area contributed by atoms with Gasteiger partial charge in [-0.1, -0.05) is 18.2 Å². The number of nitrogens with zero attached hydrogens (tertiary/aromatic N) is 2. The molecule has 1 unspecified atom stereocenters. The van der Waals surface area contributed by atoms with Crippen molar-refractivity contribution in [3.8, 4) is 0 Å². The van der Waals surface area contributed by atoms with Crippen molar-refractivity contribution in [1.82, 2.24) is 9.91 Å². The zero-order chi connectivity index (χ0) is 12.6. The van der Waals surface area contributed by atoms with Gasteiger partial charge in [-0.25, -0.2) is 9.80 Å². The van der Waals surface area contributed by atoms with Crippen LogP contribution in [0, 0.1) is 0 Å². The molecule has 1 atom stereocenters. The summed E-state index contributed by atoms with van der Waals surface area (Å²) in [4.78, 5) is 14.3. The first-order chi connectivity index (χ1) is 8.04. The van der Waals surface area contributed by atoms with E-state index in [1.807, 2.05) is 68.3 Å². The third-order valence-corrected chi connectivity index (χ3v) is 3.11. The molecule has 2 rings (SSSR count). The van der Waals surface area contributed by atoms with Gasteiger partial charge in [0.25, 0.3) is 0 Å². The lowest BCUT2D eigenvalue weighted by atomic mass is 10.3. The number of nitrogens with one attached hydrogen (secondary N) is 1. The third kappa shape index (κ3) is 1.80. The van der Waals surface area contributed by atoms with Crippen LogP contribution < -0.4 is 5.01 Å². The fourth-order valence-corrected chi connectivity index (χ4v) is 2.20. The highest BCUT2D eigenvalue weighted by Crippen LogP contribution is 2.15. The summed E-state index contributed by atoms with van der Waals surface area (Å²) in [5.41, 5.74) is 2.74. The van der Waals surface area contributed by atoms with E-state index >= 15 is 0 Å². The molecule has 1 aromatic carbocycles. The minimum absolute atomic E-state index is 0.0983. The molecule has 0 radical (unpaired) electrons. The molecule has 0 fully saturated rings. The highest BCUT2D eigenvalue weighted by Gasteiger charge is 2.41. The van der Waals surface area contributed by atoms with Crippen molar-refractivity contribution >= 4 is 11.6 Å². The van der Waals surface area contributed by atoms with Gasteiger partial charge in [0, 0.05) is 26.2 Å². The van der Waals surface area contributed by atoms with Gasteiger partial charge in [-0.15, -0.1) is 5.01 Å². The lowest BCUT2D eigenvalue weighted by Gasteiger charge is -2.20. The first-order valence-corrected chi connectivity index (χ1v) is 5.63. The summed E-state index contributed by atoms with van der Waals surface area (Å²) < 4.78 is 0. The Balaban J connectivity index is 2.40. The standard InChI is InChI=1S/C13H17N3O/c1-10-12(14(2)3)13(17)16(15(10)4)11-8-6-5-7-9-11/h5-9H,1-4H3/p+1. The Kier molecular flexibility index (Phi) is 2.90. The van der Waals surface area contributed by atoms with Crippen molar-refractivity contribution in [3.05, 3.63) is 41.7 Å². The fourth-order valence-electron chi connectivity index (χ4n) is 2.20. The maximum Gasteiger partial charge on any atom is 0.391 e. The maximum absolute atomic E-state index is 12.4. The third-order valence-electron chi connectivity index (χ3n) is 3.11. The Morgan fingerprint density at radius 3 is 2.24 bits per heavy atom. The first kappa shape index (κ1) is 11.7. The van der Waals surface area contributed by atoms with E-state index in [-0.39, 0.29) is 5.91 Å². The van der Waals surface area contributed by atoms with Crippen LogP contribution in [0.3, 0.4) is 0 Å². The fraction of sp³-hybridized carbons (Fsp3) is 0.308. The summed E-state index contributed by atoms with van der Waals surface area (Å²) in [7, 11) is 5.74. The summed E-state index contributed by atoms with van der Waals surface area (Å²) in [6.45, 7) is 1.98. The van der Waals surface area contributed by atoms with E-state index < -0.39 is 0 Å². The van der Waals surface area contributed by atoms with E-state index in [9.17, 15) is 4.79 Å². The molecule has 1 heterocycles. The molecule has 0 spiro atoms. The minimum Gasteiger partial charge on any atom is -0.368 e. The van der Waals surface area contributed by atoms with Crippen LogP contribution >= 0.6 is 0 Å². The molecule has 1 N–H and O–H groups in total. The van der Waals surface area contributed by atoms with Crippen molar-refractivity contribution in [2.24, 2.45) is 0 Å². The quantitative estimate of drug-likeness (QED) is 0.799. The normalized spacial score (nSPS) is 20.1. The van der Waals surface area contributed by atoms with Gasteiger partial charge >= 0.3 is 5.91 Å². The molecule has 0 aliphatic carbocycles. The van der Waals surface area contributed by atoms with Crippen LogP contribution in [0.4, 0.5) is 5.69 Å². The number of carbonyl (C=O) groups is 1. The summed E-state index contributed by atoms with van der Waals surface area (Å²) in [5, 5.41) is 2.72. The zero-order valence-electron chi connectivity index (χ0n) is 10.7. The average molecular weight is 232 g/mol. The molecule has 17 heavy (non-hydrogen) atoms. The van der Waals surface area contributed by atoms with Gasteiger partial charge in [-0.05, 0) is 6.92 Å². The number of para-hydroxylation sites is 1. The number of hydrogen-bond acceptors (Lipinski definition) is 3. The topological polar surface area (TPSA) is 28.0 Å². The molecular formula is C13H18N3O+. The van der Waals surface area contributed by atoms with Gasteiger partial charge in [0.1, 0.15) is 0 Å². The largest absolute Gasteiger partial charge is 0.391 e. The molecule has 4 nitrogen and oxygen atoms in total. The summed E-state index contributed by atoms with van der Waals surface area (Å²) in [6.07, 6.45) is 0. The molecule has 1 aliphatic rings. The van der Waals surface area contributed by atoms with Crippen molar-refractivity contribution < 1.29 is 9.80 Å². The van der Waals surface area contributed by atoms with E-state index in [0.29, 0.717) is 0 Å². The van der Waals surface area contributed by atoms with E-state index in [1.54, 1.807) is 0 Å². The van der Waals surface area contributed by atoms with E-state index in [4.69, 9.17) is 0 Å². The molecule has 0 saturated carbocycles. The summed E-state index contributed by atoms with van der Waals surface area (Å²) in [6, 6.07) is 9.79. The van der Waals surface area contributed by atoms with Gasteiger partial charge in [0.15, 0.2) is 11.4 Å². The summed E-state index contributed by atoms with van der Waals surface area (Å²) in [5.74, 6) is 0.0983. The zero-order valence-corrected chi connectivity index (χ0v) is 10.7. The second-order valence-corrected chi connectivity index (χ2v) is 4.43. The molecule has 0 saturated heterocycles. The summed E-state index contributed by atoms with van der Waals surface area (Å²) >= 11 is 0. The number of benzene rings is 1. The highest BCUT2D eigenvalue weighted by molar-refractivity contribution is 5.89. The van der Waals surface area contributed by atoms with Crippen molar-refractivity contribution in [2.45, 2.75) is 6.92 Å². The van der Waals surface area contributed by atoms with Gasteiger partial charge in [0.05, 0.1) is 12.7 Å². The van der Waals surface area contributed by atoms with Gasteiger partial charge < -0.3 is 4.90 Å². The molecule has 1 aromatic rings. The predicted molar refractivity (Wildman–Crippen MR) is 66.2 cm³/mol. The van der Waals surface area contributed by atoms with Gasteiger partial charge in [-0.2, -0.15) is 0 Å². The predicted octanol–water partition coefficient (Wildman–Crippen LogP) is 0.383. The van der Waals surface area contributed by atoms with Crippen LogP contribution in [0.15, 0.2) is 41.7 Å². The maximum atomic E-state index is 12.4. The number of allylic oxidation sites excluding steroid dienone is 1. The van der Waals surface area contributed by atoms with Crippen molar-refractivity contribution in [3.63, 3.8) is 0 Å². The van der Waals surface area contributed by atoms with Gasteiger partial charge in [0.2, 0.25) is 0 Å². The molecule has 1 aliphatic heterocycles. The van der Waals surface area contributed by atoms with Crippen molar-refractivity contribution in [1.29, 1.82) is 0 Å². The average Bonchev–Trinajstić information content (AvgIpc) is 2.51. The number of hydrogen-bond donors (Lipinski definition) is 1. The van der Waals surface area contributed by atoms with Crippen LogP contribution in [0.5, 0.6) is 0 Å². The van der Waals surface area contributed by atoms with Crippen LogP contribution in [0.25, 0.3) is 0 Å². The smallest absolute Gasteiger partial charge is 0.368 e. The van der Waals surface area contributed by atoms with Crippen LogP contribution in [0.1, 0.15) is 6.92 Å². The number of amides is 1. The Morgan fingerprint density at radius 1 is 1.18 bits per heavy atom. The van der Waals surface area contributed by atoms with Crippen molar-refractivity contribution in [2.75, 3.05) is 21.1 Å². The number of likely N-dealkylation sites (N-methyl/N-ethyl adjacent to an activating group) is 1. The Hall–Kier alpha value is -1.81. The molecule has 0 aromatic heterocycles. The molecule has 0 bridgehead atoms. The van der Waals surface area contributed by atoms with E-state index in [1.165, 1.54) is 0 Å². The second kappa shape index (κ2) is 4.22. The minimum atomic E-state index is 0.0983. The monoisotopic (exact) mass is 232 g/mol. The van der Waals surface area contributed by atoms with E-state index in [0.717, 1.165) is 22.1 Å². The first-order valence-electron chi connectivity index (χ1n) is 5.63. The number of quaternary nitrogens is 1. The van der Waals surface area contributed by atoms with Crippen LogP contribution in [0.2, 0.25) is 0 Å². The highest BCUT2D eigenvalue weighted by atomic mass is 16.2. The molecule has 90 valence electrons. The van der Waals surface area contributed by atoms with Crippen LogP contribution in [-0.2, 0) is 4.79 Å². The molecule has 1 amide bonds. The molecule has 4 heteroatoms. The Morgan fingerprint density at radius 2 is 1.76 bits per heavy atom. The Bertz CT molecular complexity index is 465. The lowest BCUT2D eigenvalue weighted by molar-refractivity contribution is -0.866. The lowest BCUT2D eigenvalue weighted by Crippen LogP contribution is -3.13. The van der Waals surface area contributed by atoms with E-state index in [2.05, 4.69) is 0 Å². The SMILES string of the molecule is CC1=C(N(C)C)C(=O)[NH+](c2ccccc2)N1C. The van der Waals surface area contributed by atoms with Gasteiger partial charge in [-0.3, -0.25) is 0 Å². The second-order valence-electron chi connectivity index (χ2n) is 4.43. The van der Waals surface area contributed by atoms with Crippen LogP contribution in [-0.4, -0.2) is 37.0 Å². The number of carbonyl (C=O) groups excluding carboxylic acids is 1.